The van der Waals surface area contributed by atoms with Crippen molar-refractivity contribution in [2.45, 2.75) is 44.5 Å². The molecular formula is C26H26ClN5O2. The zero-order valence-electron chi connectivity index (χ0n) is 18.9. The van der Waals surface area contributed by atoms with Crippen molar-refractivity contribution in [3.05, 3.63) is 82.4 Å². The van der Waals surface area contributed by atoms with Crippen molar-refractivity contribution >= 4 is 28.8 Å². The first-order valence-corrected chi connectivity index (χ1v) is 11.8. The topological polar surface area (TPSA) is 63.9 Å². The van der Waals surface area contributed by atoms with Crippen LogP contribution in [-0.4, -0.2) is 46.3 Å². The van der Waals surface area contributed by atoms with Gasteiger partial charge in [-0.3, -0.25) is 4.90 Å². The van der Waals surface area contributed by atoms with Crippen molar-refractivity contribution in [1.82, 2.24) is 14.9 Å². The van der Waals surface area contributed by atoms with Crippen LogP contribution in [0.1, 0.15) is 24.0 Å². The predicted molar refractivity (Wildman–Crippen MR) is 132 cm³/mol. The van der Waals surface area contributed by atoms with Gasteiger partial charge in [-0.15, -0.1) is 0 Å². The smallest absolute Gasteiger partial charge is 0.221 e. The number of hydrogen-bond acceptors (Lipinski definition) is 6. The number of anilines is 2. The van der Waals surface area contributed by atoms with Gasteiger partial charge >= 0.3 is 0 Å². The molecule has 1 unspecified atom stereocenters. The van der Waals surface area contributed by atoms with E-state index >= 15 is 0 Å². The van der Waals surface area contributed by atoms with E-state index in [9.17, 15) is 0 Å². The molecule has 1 N–H and O–H groups in total. The second-order valence-electron chi connectivity index (χ2n) is 8.77. The zero-order valence-corrected chi connectivity index (χ0v) is 19.7. The number of halogens is 1. The normalized spacial score (nSPS) is 22.1. The van der Waals surface area contributed by atoms with Gasteiger partial charge in [-0.05, 0) is 24.6 Å². The largest absolute Gasteiger partial charge is 0.474 e. The van der Waals surface area contributed by atoms with Gasteiger partial charge in [0.05, 0.1) is 36.1 Å². The highest BCUT2D eigenvalue weighted by Crippen LogP contribution is 2.34. The van der Waals surface area contributed by atoms with E-state index in [1.54, 1.807) is 18.2 Å². The second-order valence-corrected chi connectivity index (χ2v) is 9.17. The second kappa shape index (κ2) is 9.98. The highest BCUT2D eigenvalue weighted by molar-refractivity contribution is 6.33. The molecule has 2 aliphatic rings. The molecule has 3 heterocycles. The molecule has 0 radical (unpaired) electrons. The van der Waals surface area contributed by atoms with Gasteiger partial charge in [0, 0.05) is 31.5 Å². The number of nitrogens with zero attached hydrogens (tertiary/aromatic N) is 4. The van der Waals surface area contributed by atoms with E-state index in [1.165, 1.54) is 11.9 Å². The van der Waals surface area contributed by atoms with Gasteiger partial charge < -0.3 is 14.8 Å². The van der Waals surface area contributed by atoms with Crippen molar-refractivity contribution in [1.29, 1.82) is 0 Å². The van der Waals surface area contributed by atoms with E-state index in [-0.39, 0.29) is 6.10 Å². The van der Waals surface area contributed by atoms with Gasteiger partial charge in [0.2, 0.25) is 5.88 Å². The fraction of sp³-hybridized carbons (Fsp3) is 0.346. The van der Waals surface area contributed by atoms with Crippen LogP contribution < -0.4 is 10.1 Å². The highest BCUT2D eigenvalue weighted by atomic mass is 35.5. The average Bonchev–Trinajstić information content (AvgIpc) is 2.84. The van der Waals surface area contributed by atoms with Gasteiger partial charge in [-0.2, -0.15) is 0 Å². The van der Waals surface area contributed by atoms with Crippen LogP contribution in [0.25, 0.3) is 4.85 Å². The third kappa shape index (κ3) is 4.85. The summed E-state index contributed by atoms with van der Waals surface area (Å²) in [6.45, 7) is 11.4. The van der Waals surface area contributed by atoms with Crippen LogP contribution in [-0.2, 0) is 11.3 Å². The molecule has 3 aromatic rings. The summed E-state index contributed by atoms with van der Waals surface area (Å²) in [4.78, 5) is 14.8. The number of rotatable bonds is 6. The van der Waals surface area contributed by atoms with Gasteiger partial charge in [0.25, 0.3) is 0 Å². The number of nitrogens with one attached hydrogen (secondary N) is 1. The molecule has 174 valence electrons. The Kier molecular flexibility index (Phi) is 6.63. The minimum atomic E-state index is 0.0638. The molecule has 0 saturated carbocycles. The molecule has 0 spiro atoms. The molecule has 5 rings (SSSR count). The molecule has 7 nitrogen and oxygen atoms in total. The quantitative estimate of drug-likeness (QED) is 0.472. The summed E-state index contributed by atoms with van der Waals surface area (Å²) in [5.74, 6) is 1.21. The third-order valence-electron chi connectivity index (χ3n) is 6.49. The van der Waals surface area contributed by atoms with Gasteiger partial charge in [-0.1, -0.05) is 48.0 Å². The van der Waals surface area contributed by atoms with Crippen molar-refractivity contribution in [2.75, 3.05) is 18.5 Å². The maximum absolute atomic E-state index is 7.13. The van der Waals surface area contributed by atoms with Gasteiger partial charge in [0.15, 0.2) is 5.69 Å². The molecule has 2 bridgehead atoms. The number of morpholine rings is 1. The molecule has 0 amide bonds. The fourth-order valence-electron chi connectivity index (χ4n) is 4.73. The average molecular weight is 476 g/mol. The standard InChI is InChI=1S/C26H26ClN5O2/c1-17-25(31-24-9-8-19(28-2)10-23(24)27)29-16-30-26(17)34-22-11-20-14-33-15-21(12-22)32(20)13-18-6-4-3-5-7-18/h3-10,16,20-22H,11-15H2,1H3,(H,29,30,31)/t20-,21?,22+/m1/s1. The summed E-state index contributed by atoms with van der Waals surface area (Å²) >= 11 is 6.33. The van der Waals surface area contributed by atoms with E-state index in [4.69, 9.17) is 27.6 Å². The fourth-order valence-corrected chi connectivity index (χ4v) is 4.95. The summed E-state index contributed by atoms with van der Waals surface area (Å²) in [6, 6.07) is 16.4. The molecule has 2 aliphatic heterocycles. The summed E-state index contributed by atoms with van der Waals surface area (Å²) in [6.07, 6.45) is 3.34. The first-order valence-electron chi connectivity index (χ1n) is 11.4. The Morgan fingerprint density at radius 2 is 1.91 bits per heavy atom. The molecule has 34 heavy (non-hydrogen) atoms. The molecule has 1 aromatic heterocycles. The van der Waals surface area contributed by atoms with Crippen molar-refractivity contribution < 1.29 is 9.47 Å². The minimum Gasteiger partial charge on any atom is -0.474 e. The number of fused-ring (bicyclic) bond motifs is 2. The highest BCUT2D eigenvalue weighted by Gasteiger charge is 2.40. The maximum atomic E-state index is 7.13. The first-order chi connectivity index (χ1) is 16.6. The van der Waals surface area contributed by atoms with Crippen molar-refractivity contribution in [3.63, 3.8) is 0 Å². The number of hydrogen-bond donors (Lipinski definition) is 1. The van der Waals surface area contributed by atoms with Crippen molar-refractivity contribution in [3.8, 4) is 5.88 Å². The van der Waals surface area contributed by atoms with E-state index in [2.05, 4.69) is 55.4 Å². The molecule has 3 atom stereocenters. The number of benzene rings is 2. The first kappa shape index (κ1) is 22.6. The Labute approximate surface area is 204 Å². The Morgan fingerprint density at radius 1 is 1.15 bits per heavy atom. The Balaban J connectivity index is 1.28. The lowest BCUT2D eigenvalue weighted by Gasteiger charge is -2.48. The van der Waals surface area contributed by atoms with Crippen LogP contribution >= 0.6 is 11.6 Å². The molecule has 2 saturated heterocycles. The van der Waals surface area contributed by atoms with E-state index in [1.807, 2.05) is 6.92 Å². The van der Waals surface area contributed by atoms with E-state index in [0.29, 0.717) is 40.2 Å². The maximum Gasteiger partial charge on any atom is 0.221 e. The lowest BCUT2D eigenvalue weighted by atomic mass is 9.91. The van der Waals surface area contributed by atoms with Crippen molar-refractivity contribution in [2.24, 2.45) is 0 Å². The summed E-state index contributed by atoms with van der Waals surface area (Å²) in [5.41, 5.74) is 3.32. The van der Waals surface area contributed by atoms with Gasteiger partial charge in [0.1, 0.15) is 18.2 Å². The molecule has 8 heteroatoms. The van der Waals surface area contributed by atoms with E-state index in [0.717, 1.165) is 38.2 Å². The van der Waals surface area contributed by atoms with Crippen LogP contribution in [0.2, 0.25) is 5.02 Å². The predicted octanol–water partition coefficient (Wildman–Crippen LogP) is 5.54. The number of piperidine rings is 1. The van der Waals surface area contributed by atoms with Crippen LogP contribution in [0.3, 0.4) is 0 Å². The Morgan fingerprint density at radius 3 is 2.62 bits per heavy atom. The SMILES string of the molecule is [C-]#[N+]c1ccc(Nc2ncnc(O[C@@H]3CC4COC[C@@H](C3)N4Cc3ccccc3)c2C)c(Cl)c1. The third-order valence-corrected chi connectivity index (χ3v) is 6.80. The van der Waals surface area contributed by atoms with Crippen LogP contribution in [0.5, 0.6) is 5.88 Å². The Bertz CT molecular complexity index is 1190. The molecule has 2 fully saturated rings. The molecular weight excluding hydrogens is 450 g/mol. The summed E-state index contributed by atoms with van der Waals surface area (Å²) < 4.78 is 12.3. The molecule has 0 aliphatic carbocycles. The van der Waals surface area contributed by atoms with E-state index < -0.39 is 0 Å². The van der Waals surface area contributed by atoms with Gasteiger partial charge in [-0.25, -0.2) is 14.8 Å². The summed E-state index contributed by atoms with van der Waals surface area (Å²) in [5, 5.41) is 3.71. The van der Waals surface area contributed by atoms with Crippen LogP contribution in [0.15, 0.2) is 54.9 Å². The minimum absolute atomic E-state index is 0.0638. The monoisotopic (exact) mass is 475 g/mol. The molecule has 2 aromatic carbocycles. The number of aromatic nitrogens is 2. The Hall–Kier alpha value is -3.18. The number of ether oxygens (including phenoxy) is 2. The summed E-state index contributed by atoms with van der Waals surface area (Å²) in [7, 11) is 0. The van der Waals surface area contributed by atoms with Crippen LogP contribution in [0, 0.1) is 13.5 Å². The lowest BCUT2D eigenvalue weighted by Crippen LogP contribution is -2.58. The zero-order chi connectivity index (χ0) is 23.5. The van der Waals surface area contributed by atoms with Crippen LogP contribution in [0.4, 0.5) is 17.2 Å². The lowest BCUT2D eigenvalue weighted by molar-refractivity contribution is -0.104.